The Morgan fingerprint density at radius 3 is 2.56 bits per heavy atom. The molecule has 1 N–H and O–H groups in total. The van der Waals surface area contributed by atoms with Crippen LogP contribution in [0.4, 0.5) is 14.9 Å². The predicted octanol–water partition coefficient (Wildman–Crippen LogP) is 7.00. The quantitative estimate of drug-likeness (QED) is 0.466. The van der Waals surface area contributed by atoms with Crippen molar-refractivity contribution in [3.05, 3.63) is 71.1 Å². The zero-order chi connectivity index (χ0) is 22.3. The van der Waals surface area contributed by atoms with Crippen LogP contribution in [0.25, 0.3) is 10.9 Å². The van der Waals surface area contributed by atoms with Gasteiger partial charge >= 0.3 is 6.03 Å². The first-order chi connectivity index (χ1) is 15.4. The molecule has 2 aromatic carbocycles. The summed E-state index contributed by atoms with van der Waals surface area (Å²) in [5, 5.41) is 4.55. The van der Waals surface area contributed by atoms with Gasteiger partial charge in [0.15, 0.2) is 0 Å². The van der Waals surface area contributed by atoms with Crippen LogP contribution in [-0.2, 0) is 0 Å². The molecule has 1 aromatic heterocycles. The molecule has 0 radical (unpaired) electrons. The van der Waals surface area contributed by atoms with Crippen molar-refractivity contribution in [2.75, 3.05) is 12.4 Å². The summed E-state index contributed by atoms with van der Waals surface area (Å²) in [6.45, 7) is 0. The third-order valence-electron chi connectivity index (χ3n) is 7.52. The number of rotatable bonds is 3. The topological polar surface area (TPSA) is 45.2 Å². The highest BCUT2D eigenvalue weighted by Crippen LogP contribution is 2.56. The molecule has 1 heterocycles. The number of amides is 2. The van der Waals surface area contributed by atoms with Crippen molar-refractivity contribution in [1.29, 1.82) is 0 Å². The minimum absolute atomic E-state index is 0.0776. The number of nitrogens with one attached hydrogen (secondary N) is 1. The Kier molecular flexibility index (Phi) is 5.54. The molecule has 4 nitrogen and oxygen atoms in total. The predicted molar refractivity (Wildman–Crippen MR) is 127 cm³/mol. The number of aromatic nitrogens is 1. The number of benzene rings is 2. The van der Waals surface area contributed by atoms with E-state index in [-0.39, 0.29) is 17.9 Å². The molecule has 0 unspecified atom stereocenters. The molecule has 1 spiro atoms. The first kappa shape index (κ1) is 21.2. The van der Waals surface area contributed by atoms with Crippen molar-refractivity contribution in [3.8, 4) is 0 Å². The van der Waals surface area contributed by atoms with E-state index in [2.05, 4.69) is 16.4 Å². The minimum atomic E-state index is -0.208. The number of pyridine rings is 1. The normalized spacial score (nSPS) is 24.8. The molecule has 2 amide bonds. The lowest BCUT2D eigenvalue weighted by molar-refractivity contribution is -0.00255. The maximum absolute atomic E-state index is 13.8. The van der Waals surface area contributed by atoms with Gasteiger partial charge in [0.25, 0.3) is 0 Å². The van der Waals surface area contributed by atoms with E-state index in [0.29, 0.717) is 16.4 Å². The zero-order valence-corrected chi connectivity index (χ0v) is 18.9. The number of nitrogens with zero attached hydrogens (tertiary/aromatic N) is 2. The van der Waals surface area contributed by atoms with E-state index >= 15 is 0 Å². The van der Waals surface area contributed by atoms with Crippen molar-refractivity contribution < 1.29 is 9.18 Å². The van der Waals surface area contributed by atoms with Gasteiger partial charge in [0.1, 0.15) is 5.82 Å². The highest BCUT2D eigenvalue weighted by Gasteiger charge is 2.48. The summed E-state index contributed by atoms with van der Waals surface area (Å²) in [5.41, 5.74) is 3.17. The lowest BCUT2D eigenvalue weighted by atomic mass is 9.56. The molecule has 3 aromatic rings. The van der Waals surface area contributed by atoms with Gasteiger partial charge in [-0.15, -0.1) is 0 Å². The molecule has 2 saturated carbocycles. The average Bonchev–Trinajstić information content (AvgIpc) is 2.78. The Balaban J connectivity index is 1.18. The van der Waals surface area contributed by atoms with Gasteiger partial charge in [-0.2, -0.15) is 0 Å². The van der Waals surface area contributed by atoms with Crippen LogP contribution in [-0.4, -0.2) is 29.0 Å². The van der Waals surface area contributed by atoms with Crippen LogP contribution in [0.2, 0.25) is 5.02 Å². The van der Waals surface area contributed by atoms with Gasteiger partial charge in [0, 0.05) is 35.4 Å². The van der Waals surface area contributed by atoms with Gasteiger partial charge < -0.3 is 10.2 Å². The molecule has 0 atom stereocenters. The van der Waals surface area contributed by atoms with Crippen LogP contribution in [0.15, 0.2) is 54.7 Å². The fraction of sp³-hybridized carbons (Fsp3) is 0.385. The van der Waals surface area contributed by atoms with Crippen molar-refractivity contribution in [1.82, 2.24) is 9.88 Å². The Labute approximate surface area is 192 Å². The van der Waals surface area contributed by atoms with Crippen LogP contribution in [0.3, 0.4) is 0 Å². The van der Waals surface area contributed by atoms with E-state index in [0.717, 1.165) is 55.1 Å². The molecule has 166 valence electrons. The smallest absolute Gasteiger partial charge is 0.321 e. The lowest BCUT2D eigenvalue weighted by Gasteiger charge is -2.54. The van der Waals surface area contributed by atoms with E-state index < -0.39 is 0 Å². The second-order valence-corrected chi connectivity index (χ2v) is 9.88. The number of hydrogen-bond acceptors (Lipinski definition) is 2. The summed E-state index contributed by atoms with van der Waals surface area (Å²) >= 11 is 5.92. The molecule has 0 saturated heterocycles. The summed E-state index contributed by atoms with van der Waals surface area (Å²) in [4.78, 5) is 18.9. The number of carbonyl (C=O) groups excluding carboxylic acids is 1. The Bertz CT molecular complexity index is 1130. The number of halogens is 2. The molecule has 6 heteroatoms. The van der Waals surface area contributed by atoms with E-state index in [4.69, 9.17) is 11.6 Å². The van der Waals surface area contributed by atoms with Crippen LogP contribution >= 0.6 is 11.6 Å². The number of fused-ring (bicyclic) bond motifs is 1. The maximum Gasteiger partial charge on any atom is 0.321 e. The molecular formula is C26H27ClFN3O. The Morgan fingerprint density at radius 2 is 1.84 bits per heavy atom. The second kappa shape index (κ2) is 8.36. The van der Waals surface area contributed by atoms with Crippen LogP contribution in [0.1, 0.15) is 50.0 Å². The first-order valence-electron chi connectivity index (χ1n) is 11.3. The zero-order valence-electron chi connectivity index (χ0n) is 18.2. The molecule has 2 aliphatic carbocycles. The molecule has 32 heavy (non-hydrogen) atoms. The number of anilines is 1. The molecule has 5 rings (SSSR count). The second-order valence-electron chi connectivity index (χ2n) is 9.45. The van der Waals surface area contributed by atoms with Gasteiger partial charge in [-0.05, 0) is 104 Å². The SMILES string of the molecule is CN(C(=O)Nc1ccc(Cl)cc1)C1CC2(CCC(c3ccnc4ccc(F)cc34)CC2)C1. The van der Waals surface area contributed by atoms with Gasteiger partial charge in [-0.1, -0.05) is 11.6 Å². The molecule has 0 aliphatic heterocycles. The lowest BCUT2D eigenvalue weighted by Crippen LogP contribution is -2.53. The van der Waals surface area contributed by atoms with Gasteiger partial charge in [0.05, 0.1) is 5.52 Å². The maximum atomic E-state index is 13.8. The van der Waals surface area contributed by atoms with Crippen molar-refractivity contribution in [2.24, 2.45) is 5.41 Å². The molecular weight excluding hydrogens is 425 g/mol. The highest BCUT2D eigenvalue weighted by atomic mass is 35.5. The summed E-state index contributed by atoms with van der Waals surface area (Å²) in [5.74, 6) is 0.235. The molecule has 2 fully saturated rings. The Hall–Kier alpha value is -2.66. The van der Waals surface area contributed by atoms with Gasteiger partial charge in [0.2, 0.25) is 0 Å². The largest absolute Gasteiger partial charge is 0.325 e. The van der Waals surface area contributed by atoms with E-state index in [9.17, 15) is 9.18 Å². The summed E-state index contributed by atoms with van der Waals surface area (Å²) in [6.07, 6.45) is 8.45. The number of urea groups is 1. The highest BCUT2D eigenvalue weighted by molar-refractivity contribution is 6.30. The van der Waals surface area contributed by atoms with Crippen LogP contribution in [0.5, 0.6) is 0 Å². The van der Waals surface area contributed by atoms with Crippen LogP contribution < -0.4 is 5.32 Å². The van der Waals surface area contributed by atoms with E-state index in [1.165, 1.54) is 11.6 Å². The summed E-state index contributed by atoms with van der Waals surface area (Å²) in [7, 11) is 1.88. The van der Waals surface area contributed by atoms with Gasteiger partial charge in [-0.25, -0.2) is 9.18 Å². The third-order valence-corrected chi connectivity index (χ3v) is 7.78. The third kappa shape index (κ3) is 4.06. The van der Waals surface area contributed by atoms with Crippen molar-refractivity contribution >= 4 is 34.2 Å². The minimum Gasteiger partial charge on any atom is -0.325 e. The van der Waals surface area contributed by atoms with Crippen molar-refractivity contribution in [2.45, 2.75) is 50.5 Å². The fourth-order valence-electron chi connectivity index (χ4n) is 5.57. The van der Waals surface area contributed by atoms with Crippen LogP contribution in [0, 0.1) is 11.2 Å². The Morgan fingerprint density at radius 1 is 1.12 bits per heavy atom. The monoisotopic (exact) mass is 451 g/mol. The average molecular weight is 452 g/mol. The standard InChI is InChI=1S/C26H27ClFN3O/c1-31(25(32)30-20-5-2-18(27)3-6-20)21-15-26(16-21)11-8-17(9-12-26)22-10-13-29-24-7-4-19(28)14-23(22)24/h2-7,10,13-14,17,21H,8-9,11-12,15-16H2,1H3,(H,30,32). The fourth-order valence-corrected chi connectivity index (χ4v) is 5.70. The van der Waals surface area contributed by atoms with Crippen molar-refractivity contribution in [3.63, 3.8) is 0 Å². The first-order valence-corrected chi connectivity index (χ1v) is 11.6. The van der Waals surface area contributed by atoms with Gasteiger partial charge in [-0.3, -0.25) is 4.98 Å². The van der Waals surface area contributed by atoms with E-state index in [1.807, 2.05) is 30.3 Å². The van der Waals surface area contributed by atoms with E-state index in [1.54, 1.807) is 24.3 Å². The summed E-state index contributed by atoms with van der Waals surface area (Å²) < 4.78 is 13.8. The number of hydrogen-bond donors (Lipinski definition) is 1. The molecule has 0 bridgehead atoms. The summed E-state index contributed by atoms with van der Waals surface area (Å²) in [6, 6.07) is 14.3. The molecule has 2 aliphatic rings. The number of carbonyl (C=O) groups is 1.